The van der Waals surface area contributed by atoms with Crippen LogP contribution < -0.4 is 0 Å². The number of aliphatic hydroxyl groups excluding tert-OH is 1. The fourth-order valence-electron chi connectivity index (χ4n) is 3.29. The van der Waals surface area contributed by atoms with Gasteiger partial charge in [0.25, 0.3) is 0 Å². The number of ketones is 1. The van der Waals surface area contributed by atoms with Crippen LogP contribution in [0.25, 0.3) is 32.8 Å². The van der Waals surface area contributed by atoms with E-state index in [9.17, 15) is 9.90 Å². The third kappa shape index (κ3) is 2.27. The molecule has 3 nitrogen and oxygen atoms in total. The van der Waals surface area contributed by atoms with Crippen LogP contribution in [0.4, 0.5) is 0 Å². The van der Waals surface area contributed by atoms with Gasteiger partial charge in [-0.3, -0.25) is 4.79 Å². The monoisotopic (exact) mass is 355 g/mol. The number of carbonyl (C=O) groups is 1. The first-order valence-corrected chi connectivity index (χ1v) is 9.07. The van der Waals surface area contributed by atoms with Crippen LogP contribution in [-0.2, 0) is 0 Å². The first-order chi connectivity index (χ1) is 12.7. The molecule has 0 unspecified atom stereocenters. The van der Waals surface area contributed by atoms with Gasteiger partial charge in [-0.15, -0.1) is 11.3 Å². The number of allylic oxidation sites excluding steroid dienone is 2. The molecule has 1 aliphatic rings. The lowest BCUT2D eigenvalue weighted by atomic mass is 10.0. The second kappa shape index (κ2) is 5.64. The molecule has 0 aliphatic heterocycles. The maximum absolute atomic E-state index is 12.8. The molecule has 124 valence electrons. The van der Waals surface area contributed by atoms with Gasteiger partial charge in [-0.25, -0.2) is 4.98 Å². The minimum Gasteiger partial charge on any atom is -0.507 e. The average Bonchev–Trinajstić information content (AvgIpc) is 3.18. The number of hydrogen-bond donors (Lipinski definition) is 1. The number of rotatable bonds is 2. The molecule has 0 bridgehead atoms. The van der Waals surface area contributed by atoms with E-state index in [1.807, 2.05) is 60.7 Å². The van der Waals surface area contributed by atoms with Crippen molar-refractivity contribution in [3.8, 4) is 0 Å². The van der Waals surface area contributed by atoms with Gasteiger partial charge in [0.2, 0.25) is 0 Å². The van der Waals surface area contributed by atoms with Crippen molar-refractivity contribution in [2.75, 3.05) is 0 Å². The maximum atomic E-state index is 12.8. The van der Waals surface area contributed by atoms with Crippen LogP contribution in [0.15, 0.2) is 72.3 Å². The number of aliphatic hydroxyl groups is 1. The van der Waals surface area contributed by atoms with Crippen molar-refractivity contribution in [1.29, 1.82) is 0 Å². The van der Waals surface area contributed by atoms with Crippen LogP contribution in [-0.4, -0.2) is 15.9 Å². The number of nitrogens with zero attached hydrogens (tertiary/aromatic N) is 1. The molecule has 1 aromatic heterocycles. The number of Topliss-reactive ketones (excluding diaryl/α,β-unsaturated/α-hetero) is 1. The van der Waals surface area contributed by atoms with Crippen molar-refractivity contribution in [2.24, 2.45) is 0 Å². The second-order valence-electron chi connectivity index (χ2n) is 6.19. The van der Waals surface area contributed by atoms with Gasteiger partial charge in [0.1, 0.15) is 10.8 Å². The predicted octanol–water partition coefficient (Wildman–Crippen LogP) is 5.63. The van der Waals surface area contributed by atoms with Gasteiger partial charge < -0.3 is 5.11 Å². The normalized spacial score (nSPS) is 14.1. The molecule has 0 atom stereocenters. The Balaban J connectivity index is 1.56. The van der Waals surface area contributed by atoms with Gasteiger partial charge in [-0.2, -0.15) is 0 Å². The van der Waals surface area contributed by atoms with Crippen molar-refractivity contribution in [3.05, 3.63) is 88.4 Å². The molecular weight excluding hydrogens is 342 g/mol. The molecule has 3 aromatic carbocycles. The van der Waals surface area contributed by atoms with Gasteiger partial charge in [-0.1, -0.05) is 36.4 Å². The number of carbonyl (C=O) groups excluding carboxylic acids is 1. The Morgan fingerprint density at radius 3 is 2.35 bits per heavy atom. The van der Waals surface area contributed by atoms with Crippen molar-refractivity contribution in [1.82, 2.24) is 4.98 Å². The van der Waals surface area contributed by atoms with E-state index in [1.165, 1.54) is 0 Å². The molecule has 4 aromatic rings. The van der Waals surface area contributed by atoms with E-state index in [1.54, 1.807) is 23.5 Å². The highest BCUT2D eigenvalue weighted by Crippen LogP contribution is 2.35. The van der Waals surface area contributed by atoms with E-state index < -0.39 is 0 Å². The molecule has 1 heterocycles. The van der Waals surface area contributed by atoms with E-state index in [4.69, 9.17) is 0 Å². The lowest BCUT2D eigenvalue weighted by Crippen LogP contribution is -1.96. The minimum atomic E-state index is -0.152. The number of fused-ring (bicyclic) bond motifs is 3. The summed E-state index contributed by atoms with van der Waals surface area (Å²) < 4.78 is 1.10. The summed E-state index contributed by atoms with van der Waals surface area (Å²) in [6.07, 6.45) is 3.46. The largest absolute Gasteiger partial charge is 0.507 e. The molecule has 0 saturated carbocycles. The topological polar surface area (TPSA) is 50.2 Å². The summed E-state index contributed by atoms with van der Waals surface area (Å²) >= 11 is 1.56. The quantitative estimate of drug-likeness (QED) is 0.507. The van der Waals surface area contributed by atoms with Crippen LogP contribution >= 0.6 is 11.3 Å². The Kier molecular flexibility index (Phi) is 3.27. The Hall–Kier alpha value is -3.24. The standard InChI is InChI=1S/C22H13NO2S/c24-21-15(9-10-20-23-18-7-3-4-8-19(18)26-20)22(25)17-12-14-6-2-1-5-13(14)11-16(17)21/h1-12,24H. The molecule has 1 aliphatic carbocycles. The fourth-order valence-corrected chi connectivity index (χ4v) is 4.16. The Bertz CT molecular complexity index is 1230. The van der Waals surface area contributed by atoms with Crippen LogP contribution in [0.2, 0.25) is 0 Å². The second-order valence-corrected chi connectivity index (χ2v) is 7.25. The van der Waals surface area contributed by atoms with Gasteiger partial charge >= 0.3 is 0 Å². The van der Waals surface area contributed by atoms with Crippen LogP contribution in [0.1, 0.15) is 20.9 Å². The van der Waals surface area contributed by atoms with Crippen LogP contribution in [0, 0.1) is 0 Å². The highest BCUT2D eigenvalue weighted by Gasteiger charge is 2.28. The van der Waals surface area contributed by atoms with Gasteiger partial charge in [-0.05, 0) is 47.2 Å². The van der Waals surface area contributed by atoms with Gasteiger partial charge in [0.15, 0.2) is 5.78 Å². The first kappa shape index (κ1) is 15.0. The Labute approximate surface area is 153 Å². The molecule has 4 heteroatoms. The lowest BCUT2D eigenvalue weighted by Gasteiger charge is -2.02. The summed E-state index contributed by atoms with van der Waals surface area (Å²) in [7, 11) is 0. The van der Waals surface area contributed by atoms with E-state index in [0.29, 0.717) is 16.7 Å². The van der Waals surface area contributed by atoms with E-state index >= 15 is 0 Å². The van der Waals surface area contributed by atoms with Crippen LogP contribution in [0.5, 0.6) is 0 Å². The third-order valence-corrected chi connectivity index (χ3v) is 5.59. The predicted molar refractivity (Wildman–Crippen MR) is 106 cm³/mol. The van der Waals surface area contributed by atoms with Crippen molar-refractivity contribution < 1.29 is 9.90 Å². The average molecular weight is 355 g/mol. The SMILES string of the molecule is O=C1C(C=Cc2nc3ccccc3s2)=C(O)c2cc3ccccc3cc21. The van der Waals surface area contributed by atoms with E-state index in [-0.39, 0.29) is 11.5 Å². The summed E-state index contributed by atoms with van der Waals surface area (Å²) in [6.45, 7) is 0. The highest BCUT2D eigenvalue weighted by atomic mass is 32.1. The highest BCUT2D eigenvalue weighted by molar-refractivity contribution is 7.19. The summed E-state index contributed by atoms with van der Waals surface area (Å²) in [5, 5.41) is 13.4. The zero-order valence-electron chi connectivity index (χ0n) is 13.6. The minimum absolute atomic E-state index is 0.0353. The molecule has 5 rings (SSSR count). The Morgan fingerprint density at radius 2 is 1.58 bits per heavy atom. The van der Waals surface area contributed by atoms with E-state index in [2.05, 4.69) is 4.98 Å². The molecular formula is C22H13NO2S. The van der Waals surface area contributed by atoms with Crippen molar-refractivity contribution in [3.63, 3.8) is 0 Å². The van der Waals surface area contributed by atoms with Crippen molar-refractivity contribution >= 4 is 49.9 Å². The molecule has 1 N–H and O–H groups in total. The smallest absolute Gasteiger partial charge is 0.197 e. The van der Waals surface area contributed by atoms with Crippen LogP contribution in [0.3, 0.4) is 0 Å². The third-order valence-electron chi connectivity index (χ3n) is 4.59. The van der Waals surface area contributed by atoms with Crippen molar-refractivity contribution in [2.45, 2.75) is 0 Å². The summed E-state index contributed by atoms with van der Waals surface area (Å²) in [4.78, 5) is 17.3. The number of thiazole rings is 1. The zero-order chi connectivity index (χ0) is 17.7. The summed E-state index contributed by atoms with van der Waals surface area (Å²) in [6, 6.07) is 19.5. The molecule has 0 saturated heterocycles. The number of para-hydroxylation sites is 1. The Morgan fingerprint density at radius 1 is 0.885 bits per heavy atom. The molecule has 0 spiro atoms. The summed E-state index contributed by atoms with van der Waals surface area (Å²) in [5.41, 5.74) is 2.39. The number of hydrogen-bond acceptors (Lipinski definition) is 4. The van der Waals surface area contributed by atoms with Gasteiger partial charge in [0.05, 0.1) is 15.8 Å². The number of aromatic nitrogens is 1. The van der Waals surface area contributed by atoms with Gasteiger partial charge in [0, 0.05) is 11.1 Å². The molecule has 26 heavy (non-hydrogen) atoms. The lowest BCUT2D eigenvalue weighted by molar-refractivity contribution is 0.104. The zero-order valence-corrected chi connectivity index (χ0v) is 14.5. The number of benzene rings is 3. The molecule has 0 radical (unpaired) electrons. The maximum Gasteiger partial charge on any atom is 0.197 e. The van der Waals surface area contributed by atoms with E-state index in [0.717, 1.165) is 26.0 Å². The molecule has 0 fully saturated rings. The fraction of sp³-hybridized carbons (Fsp3) is 0. The summed E-state index contributed by atoms with van der Waals surface area (Å²) in [5.74, 6) is -0.117. The first-order valence-electron chi connectivity index (χ1n) is 8.25. The molecule has 0 amide bonds.